The Balaban J connectivity index is 1.91. The number of phenolic OH excluding ortho intramolecular Hbond substituents is 1. The summed E-state index contributed by atoms with van der Waals surface area (Å²) in [6, 6.07) is 13.6. The van der Waals surface area contributed by atoms with Gasteiger partial charge in [0.1, 0.15) is 23.0 Å². The van der Waals surface area contributed by atoms with Gasteiger partial charge in [-0.3, -0.25) is 14.5 Å². The van der Waals surface area contributed by atoms with Gasteiger partial charge >= 0.3 is 5.97 Å². The molecule has 1 amide bonds. The Morgan fingerprint density at radius 3 is 2.18 bits per heavy atom. The highest BCUT2D eigenvalue weighted by Crippen LogP contribution is 2.45. The first-order valence-electron chi connectivity index (χ1n) is 11.5. The maximum absolute atomic E-state index is 13.4. The number of hydrogen-bond donors (Lipinski definition) is 2. The van der Waals surface area contributed by atoms with Crippen molar-refractivity contribution in [1.82, 2.24) is 0 Å². The third-order valence-electron chi connectivity index (χ3n) is 6.04. The van der Waals surface area contributed by atoms with Crippen LogP contribution in [0, 0.1) is 0 Å². The first kappa shape index (κ1) is 26.6. The molecule has 1 unspecified atom stereocenters. The predicted molar refractivity (Wildman–Crippen MR) is 140 cm³/mol. The number of nitrogens with zero attached hydrogens (tertiary/aromatic N) is 1. The number of aromatic hydroxyl groups is 1. The van der Waals surface area contributed by atoms with Crippen LogP contribution < -0.4 is 14.4 Å². The van der Waals surface area contributed by atoms with Gasteiger partial charge in [0.25, 0.3) is 11.7 Å². The van der Waals surface area contributed by atoms with Crippen LogP contribution in [-0.2, 0) is 14.3 Å². The molecule has 0 spiro atoms. The molecule has 38 heavy (non-hydrogen) atoms. The Kier molecular flexibility index (Phi) is 7.59. The van der Waals surface area contributed by atoms with Crippen LogP contribution in [0.25, 0.3) is 5.76 Å². The molecular formula is C28H24ClNO8. The minimum absolute atomic E-state index is 0.0203. The summed E-state index contributed by atoms with van der Waals surface area (Å²) >= 11 is 6.29. The van der Waals surface area contributed by atoms with Crippen LogP contribution in [0.15, 0.2) is 66.2 Å². The minimum Gasteiger partial charge on any atom is -0.508 e. The number of anilines is 1. The Labute approximate surface area is 223 Å². The molecule has 3 aromatic carbocycles. The molecule has 9 nitrogen and oxygen atoms in total. The number of rotatable bonds is 7. The highest BCUT2D eigenvalue weighted by molar-refractivity contribution is 6.51. The van der Waals surface area contributed by atoms with Crippen LogP contribution in [0.4, 0.5) is 5.69 Å². The van der Waals surface area contributed by atoms with E-state index in [0.29, 0.717) is 11.3 Å². The number of carbonyl (C=O) groups is 3. The van der Waals surface area contributed by atoms with Crippen LogP contribution in [-0.4, -0.2) is 48.7 Å². The molecule has 0 saturated carbocycles. The number of aliphatic hydroxyl groups excluding tert-OH is 1. The number of aliphatic hydroxyl groups is 1. The number of ether oxygens (including phenoxy) is 3. The Hall–Kier alpha value is -4.50. The second kappa shape index (κ2) is 10.9. The highest BCUT2D eigenvalue weighted by atomic mass is 35.5. The van der Waals surface area contributed by atoms with Gasteiger partial charge in [0.15, 0.2) is 0 Å². The lowest BCUT2D eigenvalue weighted by molar-refractivity contribution is -0.132. The lowest BCUT2D eigenvalue weighted by Gasteiger charge is -2.26. The number of methoxy groups -OCH3 is 2. The highest BCUT2D eigenvalue weighted by Gasteiger charge is 2.47. The SMILES string of the molecule is CCOC(=O)c1ccc(N2C(=O)C(=O)/C(=C(/O)c3cc(Cl)c(OC)cc3OC)C2c2ccc(O)cc2)cc1. The van der Waals surface area contributed by atoms with Gasteiger partial charge in [0, 0.05) is 11.8 Å². The second-order valence-corrected chi connectivity index (χ2v) is 8.62. The first-order valence-corrected chi connectivity index (χ1v) is 11.9. The maximum atomic E-state index is 13.4. The standard InChI is InChI=1S/C28H24ClNO8/c1-4-38-28(35)16-5-9-17(10-6-16)30-24(15-7-11-18(31)12-8-15)23(26(33)27(30)34)25(32)19-13-20(29)22(37-3)14-21(19)36-2/h5-14,24,31-32H,4H2,1-3H3/b25-23+. The normalized spacial score (nSPS) is 16.4. The fraction of sp³-hybridized carbons (Fsp3) is 0.179. The second-order valence-electron chi connectivity index (χ2n) is 8.22. The maximum Gasteiger partial charge on any atom is 0.338 e. The Morgan fingerprint density at radius 1 is 0.974 bits per heavy atom. The molecule has 1 fully saturated rings. The first-order chi connectivity index (χ1) is 18.2. The molecule has 1 heterocycles. The molecule has 0 bridgehead atoms. The van der Waals surface area contributed by atoms with Gasteiger partial charge in [-0.2, -0.15) is 0 Å². The molecule has 196 valence electrons. The van der Waals surface area contributed by atoms with Gasteiger partial charge in [-0.1, -0.05) is 23.7 Å². The van der Waals surface area contributed by atoms with Crippen molar-refractivity contribution in [2.24, 2.45) is 0 Å². The molecular weight excluding hydrogens is 514 g/mol. The lowest BCUT2D eigenvalue weighted by atomic mass is 9.94. The summed E-state index contributed by atoms with van der Waals surface area (Å²) in [5, 5.41) is 21.4. The summed E-state index contributed by atoms with van der Waals surface area (Å²) in [7, 11) is 2.80. The van der Waals surface area contributed by atoms with E-state index in [-0.39, 0.29) is 45.6 Å². The van der Waals surface area contributed by atoms with Gasteiger partial charge in [0.05, 0.1) is 48.6 Å². The molecule has 0 radical (unpaired) electrons. The molecule has 1 saturated heterocycles. The quantitative estimate of drug-likeness (QED) is 0.189. The fourth-order valence-electron chi connectivity index (χ4n) is 4.23. The molecule has 4 rings (SSSR count). The Bertz CT molecular complexity index is 1430. The van der Waals surface area contributed by atoms with Crippen molar-refractivity contribution in [3.63, 3.8) is 0 Å². The van der Waals surface area contributed by atoms with E-state index in [1.54, 1.807) is 6.92 Å². The number of esters is 1. The summed E-state index contributed by atoms with van der Waals surface area (Å²) in [6.45, 7) is 1.89. The van der Waals surface area contributed by atoms with Crippen LogP contribution >= 0.6 is 11.6 Å². The molecule has 0 aliphatic carbocycles. The van der Waals surface area contributed by atoms with Crippen molar-refractivity contribution in [3.8, 4) is 17.2 Å². The van der Waals surface area contributed by atoms with E-state index in [2.05, 4.69) is 0 Å². The largest absolute Gasteiger partial charge is 0.508 e. The van der Waals surface area contributed by atoms with E-state index in [1.807, 2.05) is 0 Å². The van der Waals surface area contributed by atoms with Crippen molar-refractivity contribution < 1.29 is 38.8 Å². The molecule has 1 aliphatic rings. The van der Waals surface area contributed by atoms with Crippen molar-refractivity contribution in [2.45, 2.75) is 13.0 Å². The molecule has 3 aromatic rings. The van der Waals surface area contributed by atoms with E-state index in [0.717, 1.165) is 0 Å². The van der Waals surface area contributed by atoms with Crippen molar-refractivity contribution in [1.29, 1.82) is 0 Å². The number of phenols is 1. The molecule has 0 aromatic heterocycles. The molecule has 10 heteroatoms. The monoisotopic (exact) mass is 537 g/mol. The number of ketones is 1. The van der Waals surface area contributed by atoms with Gasteiger partial charge in [0.2, 0.25) is 0 Å². The van der Waals surface area contributed by atoms with Crippen LogP contribution in [0.5, 0.6) is 17.2 Å². The number of hydrogen-bond acceptors (Lipinski definition) is 8. The fourth-order valence-corrected chi connectivity index (χ4v) is 4.47. The number of halogens is 1. The zero-order valence-corrected chi connectivity index (χ0v) is 21.5. The average Bonchev–Trinajstić information content (AvgIpc) is 3.18. The van der Waals surface area contributed by atoms with Gasteiger partial charge in [-0.05, 0) is 55.0 Å². The van der Waals surface area contributed by atoms with Crippen LogP contribution in [0.2, 0.25) is 5.02 Å². The lowest BCUT2D eigenvalue weighted by Crippen LogP contribution is -2.29. The van der Waals surface area contributed by atoms with Gasteiger partial charge in [-0.25, -0.2) is 4.79 Å². The minimum atomic E-state index is -1.07. The van der Waals surface area contributed by atoms with Crippen LogP contribution in [0.3, 0.4) is 0 Å². The zero-order valence-electron chi connectivity index (χ0n) is 20.7. The van der Waals surface area contributed by atoms with Gasteiger partial charge < -0.3 is 24.4 Å². The summed E-state index contributed by atoms with van der Waals surface area (Å²) < 4.78 is 15.6. The van der Waals surface area contributed by atoms with E-state index in [1.165, 1.54) is 79.8 Å². The topological polar surface area (TPSA) is 123 Å². The third kappa shape index (κ3) is 4.76. The molecule has 1 aliphatic heterocycles. The van der Waals surface area contributed by atoms with Crippen molar-refractivity contribution in [3.05, 3.63) is 87.9 Å². The predicted octanol–water partition coefficient (Wildman–Crippen LogP) is 4.87. The van der Waals surface area contributed by atoms with Gasteiger partial charge in [-0.15, -0.1) is 0 Å². The summed E-state index contributed by atoms with van der Waals surface area (Å²) in [6.07, 6.45) is 0. The molecule has 2 N–H and O–H groups in total. The van der Waals surface area contributed by atoms with Crippen molar-refractivity contribution in [2.75, 3.05) is 25.7 Å². The number of benzene rings is 3. The average molecular weight is 538 g/mol. The van der Waals surface area contributed by atoms with E-state index >= 15 is 0 Å². The smallest absolute Gasteiger partial charge is 0.338 e. The molecule has 1 atom stereocenters. The summed E-state index contributed by atoms with van der Waals surface area (Å²) in [4.78, 5) is 40.1. The summed E-state index contributed by atoms with van der Waals surface area (Å²) in [5.41, 5.74) is 0.881. The third-order valence-corrected chi connectivity index (χ3v) is 6.33. The number of carbonyl (C=O) groups excluding carboxylic acids is 3. The summed E-state index contributed by atoms with van der Waals surface area (Å²) in [5.74, 6) is -2.44. The number of Topliss-reactive ketones (excluding diaryl/α,β-unsaturated/α-hetero) is 1. The Morgan fingerprint density at radius 2 is 1.61 bits per heavy atom. The van der Waals surface area contributed by atoms with E-state index in [4.69, 9.17) is 25.8 Å². The number of amides is 1. The zero-order chi connectivity index (χ0) is 27.6. The van der Waals surface area contributed by atoms with Crippen molar-refractivity contribution >= 4 is 40.7 Å². The van der Waals surface area contributed by atoms with E-state index in [9.17, 15) is 24.6 Å². The van der Waals surface area contributed by atoms with E-state index < -0.39 is 29.5 Å². The van der Waals surface area contributed by atoms with Crippen LogP contribution in [0.1, 0.15) is 34.5 Å².